The number of amides is 1. The third-order valence-corrected chi connectivity index (χ3v) is 8.90. The van der Waals surface area contributed by atoms with Crippen LogP contribution >= 0.6 is 0 Å². The van der Waals surface area contributed by atoms with Gasteiger partial charge in [0.1, 0.15) is 0 Å². The second kappa shape index (κ2) is 11.3. The van der Waals surface area contributed by atoms with Crippen molar-refractivity contribution in [2.45, 2.75) is 69.2 Å². The topological polar surface area (TPSA) is 81.7 Å². The fraction of sp³-hybridized carbons (Fsp3) is 0.500. The quantitative estimate of drug-likeness (QED) is 0.493. The van der Waals surface area contributed by atoms with Crippen LogP contribution in [-0.4, -0.2) is 38.9 Å². The van der Waals surface area contributed by atoms with E-state index in [9.17, 15) is 13.2 Å². The second-order valence-corrected chi connectivity index (χ2v) is 11.0. The number of hydrogen-bond acceptors (Lipinski definition) is 5. The molecule has 1 N–H and O–H groups in total. The van der Waals surface area contributed by atoms with Crippen molar-refractivity contribution >= 4 is 15.7 Å². The smallest absolute Gasteiger partial charge is 0.242 e. The lowest BCUT2D eigenvalue weighted by Crippen LogP contribution is -2.50. The summed E-state index contributed by atoms with van der Waals surface area (Å²) >= 11 is 0. The Balaban J connectivity index is 1.72. The molecular formula is C26H35NO5S. The van der Waals surface area contributed by atoms with E-state index in [1.807, 2.05) is 50.2 Å². The van der Waals surface area contributed by atoms with Crippen molar-refractivity contribution in [1.29, 1.82) is 0 Å². The van der Waals surface area contributed by atoms with Gasteiger partial charge in [-0.05, 0) is 61.9 Å². The van der Waals surface area contributed by atoms with Crippen molar-refractivity contribution in [2.75, 3.05) is 19.8 Å². The predicted octanol–water partition coefficient (Wildman–Crippen LogP) is 4.26. The third-order valence-electron chi connectivity index (χ3n) is 6.26. The molecule has 1 saturated carbocycles. The maximum absolute atomic E-state index is 13.7. The van der Waals surface area contributed by atoms with Gasteiger partial charge in [0.25, 0.3) is 0 Å². The molecule has 33 heavy (non-hydrogen) atoms. The van der Waals surface area contributed by atoms with Gasteiger partial charge in [-0.2, -0.15) is 0 Å². The van der Waals surface area contributed by atoms with E-state index in [4.69, 9.17) is 9.47 Å². The zero-order valence-electron chi connectivity index (χ0n) is 19.9. The average Bonchev–Trinajstić information content (AvgIpc) is 3.31. The monoisotopic (exact) mass is 473 g/mol. The predicted molar refractivity (Wildman–Crippen MR) is 129 cm³/mol. The van der Waals surface area contributed by atoms with Crippen molar-refractivity contribution in [3.8, 4) is 0 Å². The van der Waals surface area contributed by atoms with E-state index < -0.39 is 20.5 Å². The minimum absolute atomic E-state index is 0.269. The van der Waals surface area contributed by atoms with Crippen LogP contribution in [-0.2, 0) is 37.3 Å². The molecule has 0 atom stereocenters. The van der Waals surface area contributed by atoms with Gasteiger partial charge in [0.05, 0.1) is 24.7 Å². The molecule has 1 aliphatic carbocycles. The molecule has 0 unspecified atom stereocenters. The van der Waals surface area contributed by atoms with Crippen LogP contribution in [0.3, 0.4) is 0 Å². The minimum atomic E-state index is -3.83. The molecule has 6 nitrogen and oxygen atoms in total. The summed E-state index contributed by atoms with van der Waals surface area (Å²) in [6, 6.07) is 13.2. The number of hydrogen-bond donors (Lipinski definition) is 1. The van der Waals surface area contributed by atoms with Gasteiger partial charge in [0, 0.05) is 13.2 Å². The maximum Gasteiger partial charge on any atom is 0.242 e. The van der Waals surface area contributed by atoms with E-state index in [1.165, 1.54) is 0 Å². The maximum atomic E-state index is 13.7. The number of ether oxygens (including phenoxy) is 2. The summed E-state index contributed by atoms with van der Waals surface area (Å²) < 4.78 is 37.0. The molecule has 0 radical (unpaired) electrons. The van der Waals surface area contributed by atoms with Gasteiger partial charge in [-0.15, -0.1) is 0 Å². The fourth-order valence-corrected chi connectivity index (χ4v) is 6.79. The third kappa shape index (κ3) is 5.83. The first-order chi connectivity index (χ1) is 15.8. The van der Waals surface area contributed by atoms with Crippen LogP contribution in [0.5, 0.6) is 0 Å². The Labute approximate surface area is 197 Å². The van der Waals surface area contributed by atoms with E-state index >= 15 is 0 Å². The number of carbonyl (C=O) groups excluding carboxylic acids is 1. The number of carbonyl (C=O) groups is 1. The molecule has 2 aromatic rings. The van der Waals surface area contributed by atoms with Gasteiger partial charge in [0.2, 0.25) is 5.91 Å². The first-order valence-corrected chi connectivity index (χ1v) is 13.1. The van der Waals surface area contributed by atoms with Crippen molar-refractivity contribution in [2.24, 2.45) is 0 Å². The summed E-state index contributed by atoms with van der Waals surface area (Å²) in [6.07, 6.45) is 2.16. The highest BCUT2D eigenvalue weighted by molar-refractivity contribution is 7.93. The van der Waals surface area contributed by atoms with Crippen LogP contribution in [0.2, 0.25) is 0 Å². The second-order valence-electron chi connectivity index (χ2n) is 8.73. The van der Waals surface area contributed by atoms with Crippen molar-refractivity contribution in [3.05, 3.63) is 64.7 Å². The van der Waals surface area contributed by atoms with E-state index in [-0.39, 0.29) is 11.4 Å². The molecule has 1 fully saturated rings. The molecule has 0 aliphatic heterocycles. The summed E-state index contributed by atoms with van der Waals surface area (Å²) in [4.78, 5) is 13.7. The van der Waals surface area contributed by atoms with Gasteiger partial charge >= 0.3 is 0 Å². The number of aryl methyl sites for hydroxylation is 2. The fourth-order valence-electron chi connectivity index (χ4n) is 4.40. The molecule has 0 bridgehead atoms. The first-order valence-electron chi connectivity index (χ1n) is 11.6. The standard InChI is InChI=1S/C26H35NO5S/c1-4-31-14-15-32-19-23-9-7-8-22(17-23)18-27-25(28)26(12-5-6-13-26)33(29,30)24-16-20(2)10-11-21(24)3/h7-11,16-17H,4-6,12-15,18-19H2,1-3H3,(H,27,28). The molecule has 0 spiro atoms. The Kier molecular flexibility index (Phi) is 8.68. The zero-order chi connectivity index (χ0) is 23.9. The molecular weight excluding hydrogens is 438 g/mol. The minimum Gasteiger partial charge on any atom is -0.379 e. The molecule has 0 saturated heterocycles. The summed E-state index contributed by atoms with van der Waals surface area (Å²) in [5, 5.41) is 2.92. The Bertz CT molecular complexity index is 1060. The van der Waals surface area contributed by atoms with Gasteiger partial charge in [-0.1, -0.05) is 49.2 Å². The van der Waals surface area contributed by atoms with Crippen LogP contribution < -0.4 is 5.32 Å². The van der Waals surface area contributed by atoms with E-state index in [0.29, 0.717) is 44.8 Å². The molecule has 3 rings (SSSR count). The summed E-state index contributed by atoms with van der Waals surface area (Å²) in [5.74, 6) is -0.403. The molecule has 2 aromatic carbocycles. The van der Waals surface area contributed by atoms with Gasteiger partial charge < -0.3 is 14.8 Å². The Morgan fingerprint density at radius 1 is 1.00 bits per heavy atom. The van der Waals surface area contributed by atoms with Crippen LogP contribution in [0.15, 0.2) is 47.4 Å². The average molecular weight is 474 g/mol. The van der Waals surface area contributed by atoms with Gasteiger partial charge in [0.15, 0.2) is 14.6 Å². The van der Waals surface area contributed by atoms with Crippen molar-refractivity contribution < 1.29 is 22.7 Å². The molecule has 7 heteroatoms. The molecule has 1 amide bonds. The highest BCUT2D eigenvalue weighted by Gasteiger charge is 2.53. The normalized spacial score (nSPS) is 15.5. The Morgan fingerprint density at radius 3 is 2.42 bits per heavy atom. The van der Waals surface area contributed by atoms with Crippen LogP contribution in [0.25, 0.3) is 0 Å². The summed E-state index contributed by atoms with van der Waals surface area (Å²) in [6.45, 7) is 8.08. The van der Waals surface area contributed by atoms with Crippen LogP contribution in [0.1, 0.15) is 54.9 Å². The summed E-state index contributed by atoms with van der Waals surface area (Å²) in [7, 11) is -3.83. The molecule has 0 heterocycles. The number of nitrogens with one attached hydrogen (secondary N) is 1. The molecule has 180 valence electrons. The van der Waals surface area contributed by atoms with E-state index in [2.05, 4.69) is 5.32 Å². The first kappa shape index (κ1) is 25.4. The SMILES string of the molecule is CCOCCOCc1cccc(CNC(=O)C2(S(=O)(=O)c3cc(C)ccc3C)CCCC2)c1. The van der Waals surface area contributed by atoms with Crippen molar-refractivity contribution in [3.63, 3.8) is 0 Å². The molecule has 0 aromatic heterocycles. The van der Waals surface area contributed by atoms with Gasteiger partial charge in [-0.3, -0.25) is 4.79 Å². The van der Waals surface area contributed by atoms with Gasteiger partial charge in [-0.25, -0.2) is 8.42 Å². The number of benzene rings is 2. The highest BCUT2D eigenvalue weighted by atomic mass is 32.2. The number of rotatable bonds is 11. The lowest BCUT2D eigenvalue weighted by atomic mass is 10.1. The lowest BCUT2D eigenvalue weighted by molar-refractivity contribution is -0.123. The summed E-state index contributed by atoms with van der Waals surface area (Å²) in [5.41, 5.74) is 3.45. The largest absolute Gasteiger partial charge is 0.379 e. The zero-order valence-corrected chi connectivity index (χ0v) is 20.7. The Morgan fingerprint density at radius 2 is 1.70 bits per heavy atom. The Hall–Kier alpha value is -2.22. The van der Waals surface area contributed by atoms with E-state index in [0.717, 1.165) is 29.5 Å². The highest BCUT2D eigenvalue weighted by Crippen LogP contribution is 2.41. The van der Waals surface area contributed by atoms with Crippen molar-refractivity contribution in [1.82, 2.24) is 5.32 Å². The van der Waals surface area contributed by atoms with Crippen LogP contribution in [0, 0.1) is 13.8 Å². The number of sulfone groups is 1. The van der Waals surface area contributed by atoms with E-state index in [1.54, 1.807) is 13.0 Å². The lowest BCUT2D eigenvalue weighted by Gasteiger charge is -2.28. The molecule has 1 aliphatic rings. The van der Waals surface area contributed by atoms with Crippen LogP contribution in [0.4, 0.5) is 0 Å².